The van der Waals surface area contributed by atoms with Gasteiger partial charge in [-0.3, -0.25) is 4.79 Å². The highest BCUT2D eigenvalue weighted by Crippen LogP contribution is 2.37. The van der Waals surface area contributed by atoms with Crippen LogP contribution in [-0.2, 0) is 9.53 Å². The van der Waals surface area contributed by atoms with E-state index in [4.69, 9.17) is 16.3 Å². The van der Waals surface area contributed by atoms with Crippen LogP contribution >= 0.6 is 11.6 Å². The summed E-state index contributed by atoms with van der Waals surface area (Å²) in [6.45, 7) is 5.81. The number of unbranched alkanes of at least 4 members (excludes halogenated alkanes) is 2. The highest BCUT2D eigenvalue weighted by Gasteiger charge is 2.46. The van der Waals surface area contributed by atoms with Crippen molar-refractivity contribution in [2.75, 3.05) is 0 Å². The van der Waals surface area contributed by atoms with E-state index >= 15 is 0 Å². The molecule has 1 amide bonds. The Morgan fingerprint density at radius 2 is 1.83 bits per heavy atom. The molecular weight excluding hydrogens is 312 g/mol. The Balaban J connectivity index is 2.36. The van der Waals surface area contributed by atoms with Gasteiger partial charge in [0.1, 0.15) is 0 Å². The van der Waals surface area contributed by atoms with Gasteiger partial charge < -0.3 is 4.74 Å². The first-order valence-corrected chi connectivity index (χ1v) is 8.75. The third kappa shape index (κ3) is 3.86. The zero-order chi connectivity index (χ0) is 16.9. The number of hydrogen-bond donors (Lipinski definition) is 0. The smallest absolute Gasteiger partial charge is 0.243 e. The van der Waals surface area contributed by atoms with Gasteiger partial charge >= 0.3 is 0 Å². The minimum absolute atomic E-state index is 0.0979. The molecular formula is C18H25ClN2O2. The number of hydrazone groups is 1. The first-order valence-electron chi connectivity index (χ1n) is 8.37. The maximum atomic E-state index is 12.2. The highest BCUT2D eigenvalue weighted by molar-refractivity contribution is 6.33. The molecule has 0 aromatic heterocycles. The van der Waals surface area contributed by atoms with E-state index in [9.17, 15) is 4.79 Å². The lowest BCUT2D eigenvalue weighted by atomic mass is 9.98. The van der Waals surface area contributed by atoms with Crippen molar-refractivity contribution < 1.29 is 9.53 Å². The predicted molar refractivity (Wildman–Crippen MR) is 93.4 cm³/mol. The van der Waals surface area contributed by atoms with Gasteiger partial charge in [0.15, 0.2) is 0 Å². The van der Waals surface area contributed by atoms with Crippen LogP contribution in [0.25, 0.3) is 0 Å². The van der Waals surface area contributed by atoms with Gasteiger partial charge in [-0.25, -0.2) is 0 Å². The number of halogens is 1. The summed E-state index contributed by atoms with van der Waals surface area (Å²) in [6.07, 6.45) is 5.62. The average molecular weight is 337 g/mol. The van der Waals surface area contributed by atoms with Crippen molar-refractivity contribution in [3.63, 3.8) is 0 Å². The monoisotopic (exact) mass is 336 g/mol. The third-order valence-corrected chi connectivity index (χ3v) is 4.44. The minimum Gasteiger partial charge on any atom is -0.447 e. The van der Waals surface area contributed by atoms with Crippen molar-refractivity contribution in [2.24, 2.45) is 5.10 Å². The largest absolute Gasteiger partial charge is 0.447 e. The second-order valence-electron chi connectivity index (χ2n) is 5.97. The molecule has 5 heteroatoms. The second kappa shape index (κ2) is 7.82. The van der Waals surface area contributed by atoms with Gasteiger partial charge in [0, 0.05) is 19.8 Å². The fourth-order valence-electron chi connectivity index (χ4n) is 2.87. The van der Waals surface area contributed by atoms with Gasteiger partial charge in [-0.15, -0.1) is 5.10 Å². The topological polar surface area (TPSA) is 41.9 Å². The number of amides is 1. The summed E-state index contributed by atoms with van der Waals surface area (Å²) in [7, 11) is 0. The Kier molecular flexibility index (Phi) is 6.05. The van der Waals surface area contributed by atoms with E-state index in [1.807, 2.05) is 18.2 Å². The Bertz CT molecular complexity index is 578. The van der Waals surface area contributed by atoms with Gasteiger partial charge in [-0.2, -0.15) is 5.01 Å². The minimum atomic E-state index is -0.674. The van der Waals surface area contributed by atoms with E-state index in [-0.39, 0.29) is 5.91 Å². The van der Waals surface area contributed by atoms with Gasteiger partial charge in [0.05, 0.1) is 10.6 Å². The van der Waals surface area contributed by atoms with Crippen molar-refractivity contribution in [2.45, 2.75) is 65.0 Å². The van der Waals surface area contributed by atoms with E-state index in [0.717, 1.165) is 44.1 Å². The Morgan fingerprint density at radius 1 is 1.22 bits per heavy atom. The van der Waals surface area contributed by atoms with E-state index in [1.165, 1.54) is 11.9 Å². The zero-order valence-corrected chi connectivity index (χ0v) is 14.9. The van der Waals surface area contributed by atoms with Crippen LogP contribution in [0.2, 0.25) is 5.02 Å². The standard InChI is InChI=1S/C18H25ClN2O2/c1-4-6-12-18(13-7-5-2)21(14(3)22)20-17(23-18)15-10-8-9-11-16(15)19/h8-11H,4-7,12-13H2,1-3H3. The summed E-state index contributed by atoms with van der Waals surface area (Å²) in [5, 5.41) is 6.58. The summed E-state index contributed by atoms with van der Waals surface area (Å²) < 4.78 is 6.26. The van der Waals surface area contributed by atoms with Crippen molar-refractivity contribution in [3.05, 3.63) is 34.9 Å². The number of ether oxygens (including phenoxy) is 1. The molecule has 1 heterocycles. The molecule has 0 atom stereocenters. The molecule has 0 saturated heterocycles. The summed E-state index contributed by atoms with van der Waals surface area (Å²) in [5.41, 5.74) is 0.0575. The fraction of sp³-hybridized carbons (Fsp3) is 0.556. The van der Waals surface area contributed by atoms with E-state index in [1.54, 1.807) is 6.07 Å². The average Bonchev–Trinajstić information content (AvgIpc) is 2.91. The van der Waals surface area contributed by atoms with E-state index in [0.29, 0.717) is 10.9 Å². The normalized spacial score (nSPS) is 16.2. The molecule has 4 nitrogen and oxygen atoms in total. The lowest BCUT2D eigenvalue weighted by Crippen LogP contribution is -2.46. The van der Waals surface area contributed by atoms with Crippen LogP contribution < -0.4 is 0 Å². The second-order valence-corrected chi connectivity index (χ2v) is 6.38. The van der Waals surface area contributed by atoms with Crippen LogP contribution in [-0.4, -0.2) is 22.5 Å². The van der Waals surface area contributed by atoms with Crippen LogP contribution in [0, 0.1) is 0 Å². The zero-order valence-electron chi connectivity index (χ0n) is 14.1. The Morgan fingerprint density at radius 3 is 2.35 bits per heavy atom. The number of rotatable bonds is 7. The summed E-state index contributed by atoms with van der Waals surface area (Å²) in [4.78, 5) is 12.2. The molecule has 23 heavy (non-hydrogen) atoms. The van der Waals surface area contributed by atoms with E-state index in [2.05, 4.69) is 18.9 Å². The molecule has 1 aliphatic heterocycles. The number of nitrogens with zero attached hydrogens (tertiary/aromatic N) is 2. The van der Waals surface area contributed by atoms with Gasteiger partial charge in [0.25, 0.3) is 0 Å². The molecule has 1 aromatic carbocycles. The molecule has 0 unspecified atom stereocenters. The number of carbonyl (C=O) groups is 1. The number of hydrogen-bond acceptors (Lipinski definition) is 3. The SMILES string of the molecule is CCCCC1(CCCC)OC(c2ccccc2Cl)=NN1C(C)=O. The van der Waals surface area contributed by atoms with E-state index < -0.39 is 5.72 Å². The molecule has 2 rings (SSSR count). The summed E-state index contributed by atoms with van der Waals surface area (Å²) in [5.74, 6) is 0.345. The van der Waals surface area contributed by atoms with Crippen molar-refractivity contribution in [1.29, 1.82) is 0 Å². The van der Waals surface area contributed by atoms with Crippen molar-refractivity contribution >= 4 is 23.4 Å². The molecule has 0 spiro atoms. The van der Waals surface area contributed by atoms with Gasteiger partial charge in [-0.05, 0) is 25.0 Å². The molecule has 0 bridgehead atoms. The molecule has 0 N–H and O–H groups in total. The molecule has 0 fully saturated rings. The van der Waals surface area contributed by atoms with Gasteiger partial charge in [-0.1, -0.05) is 50.4 Å². The predicted octanol–water partition coefficient (Wildman–Crippen LogP) is 4.96. The van der Waals surface area contributed by atoms with Crippen LogP contribution in [0.1, 0.15) is 64.9 Å². The molecule has 0 aliphatic carbocycles. The molecule has 1 aromatic rings. The summed E-state index contributed by atoms with van der Waals surface area (Å²) in [6, 6.07) is 7.43. The first-order chi connectivity index (χ1) is 11.0. The molecule has 126 valence electrons. The Hall–Kier alpha value is -1.55. The van der Waals surface area contributed by atoms with Crippen LogP contribution in [0.5, 0.6) is 0 Å². The lowest BCUT2D eigenvalue weighted by Gasteiger charge is -2.34. The quantitative estimate of drug-likeness (QED) is 0.706. The maximum absolute atomic E-state index is 12.2. The number of carbonyl (C=O) groups excluding carboxylic acids is 1. The maximum Gasteiger partial charge on any atom is 0.243 e. The van der Waals surface area contributed by atoms with Crippen LogP contribution in [0.4, 0.5) is 0 Å². The van der Waals surface area contributed by atoms with Crippen LogP contribution in [0.3, 0.4) is 0 Å². The first kappa shape index (κ1) is 17.8. The third-order valence-electron chi connectivity index (χ3n) is 4.11. The summed E-state index contributed by atoms with van der Waals surface area (Å²) >= 11 is 6.27. The molecule has 0 saturated carbocycles. The highest BCUT2D eigenvalue weighted by atomic mass is 35.5. The fourth-order valence-corrected chi connectivity index (χ4v) is 3.09. The molecule has 1 aliphatic rings. The lowest BCUT2D eigenvalue weighted by molar-refractivity contribution is -0.149. The van der Waals surface area contributed by atoms with Crippen LogP contribution in [0.15, 0.2) is 29.4 Å². The van der Waals surface area contributed by atoms with Crippen molar-refractivity contribution in [1.82, 2.24) is 5.01 Å². The number of benzene rings is 1. The Labute approximate surface area is 143 Å². The molecule has 0 radical (unpaired) electrons. The van der Waals surface area contributed by atoms with Gasteiger partial charge in [0.2, 0.25) is 17.5 Å². The van der Waals surface area contributed by atoms with Crippen molar-refractivity contribution in [3.8, 4) is 0 Å².